The van der Waals surface area contributed by atoms with E-state index >= 15 is 0 Å². The van der Waals surface area contributed by atoms with Crippen molar-refractivity contribution < 1.29 is 9.53 Å². The smallest absolute Gasteiger partial charge is 0.410 e. The predicted octanol–water partition coefficient (Wildman–Crippen LogP) is 3.55. The van der Waals surface area contributed by atoms with Crippen molar-refractivity contribution in [1.82, 2.24) is 4.90 Å². The van der Waals surface area contributed by atoms with Gasteiger partial charge in [0.05, 0.1) is 6.54 Å². The van der Waals surface area contributed by atoms with E-state index in [4.69, 9.17) is 4.74 Å². The Morgan fingerprint density at radius 2 is 2.10 bits per heavy atom. The zero-order valence-electron chi connectivity index (χ0n) is 13.0. The van der Waals surface area contributed by atoms with Crippen molar-refractivity contribution in [3.05, 3.63) is 29.3 Å². The normalized spacial score (nSPS) is 18.9. The van der Waals surface area contributed by atoms with Crippen molar-refractivity contribution in [2.45, 2.75) is 52.8 Å². The van der Waals surface area contributed by atoms with E-state index in [2.05, 4.69) is 24.4 Å². The van der Waals surface area contributed by atoms with E-state index < -0.39 is 5.60 Å². The number of hydrogen-bond acceptors (Lipinski definition) is 3. The molecule has 1 heterocycles. The van der Waals surface area contributed by atoms with E-state index in [-0.39, 0.29) is 12.1 Å². The molecule has 2 rings (SSSR count). The maximum Gasteiger partial charge on any atom is 0.410 e. The van der Waals surface area contributed by atoms with E-state index in [1.807, 2.05) is 33.8 Å². The van der Waals surface area contributed by atoms with Crippen LogP contribution in [0.5, 0.6) is 0 Å². The molecule has 110 valence electrons. The van der Waals surface area contributed by atoms with Gasteiger partial charge in [-0.3, -0.25) is 4.90 Å². The summed E-state index contributed by atoms with van der Waals surface area (Å²) in [4.78, 5) is 14.2. The first kappa shape index (κ1) is 14.7. The zero-order chi connectivity index (χ0) is 14.9. The maximum absolute atomic E-state index is 12.4. The summed E-state index contributed by atoms with van der Waals surface area (Å²) in [5.74, 6) is 0. The number of carbonyl (C=O) groups is 1. The average molecular weight is 276 g/mol. The second-order valence-corrected chi connectivity index (χ2v) is 6.44. The summed E-state index contributed by atoms with van der Waals surface area (Å²) < 4.78 is 5.52. The summed E-state index contributed by atoms with van der Waals surface area (Å²) in [5, 5.41) is 3.41. The van der Waals surface area contributed by atoms with Gasteiger partial charge in [0.1, 0.15) is 5.60 Å². The molecule has 0 radical (unpaired) electrons. The number of ether oxygens (including phenoxy) is 1. The highest BCUT2D eigenvalue weighted by Crippen LogP contribution is 2.26. The molecule has 1 atom stereocenters. The lowest BCUT2D eigenvalue weighted by Crippen LogP contribution is -2.43. The summed E-state index contributed by atoms with van der Waals surface area (Å²) in [6, 6.07) is 6.27. The number of aryl methyl sites for hydroxylation is 1. The summed E-state index contributed by atoms with van der Waals surface area (Å²) in [6.07, 6.45) is -0.247. The van der Waals surface area contributed by atoms with Gasteiger partial charge in [0.2, 0.25) is 0 Å². The molecule has 4 heteroatoms. The fraction of sp³-hybridized carbons (Fsp3) is 0.562. The molecule has 0 aromatic heterocycles. The Morgan fingerprint density at radius 1 is 1.40 bits per heavy atom. The molecular formula is C16H24N2O2. The summed E-state index contributed by atoms with van der Waals surface area (Å²) in [6.45, 7) is 11.1. The quantitative estimate of drug-likeness (QED) is 0.788. The van der Waals surface area contributed by atoms with Crippen molar-refractivity contribution in [2.24, 2.45) is 0 Å². The SMILES string of the molecule is Cc1cccc2c1CN(C(=O)OC(C)(C)C)[C@H](C)CN2. The molecular weight excluding hydrogens is 252 g/mol. The third-order valence-corrected chi connectivity index (χ3v) is 3.49. The fourth-order valence-electron chi connectivity index (χ4n) is 2.34. The number of benzene rings is 1. The standard InChI is InChI=1S/C16H24N2O2/c1-11-7-6-8-14-13(11)10-18(12(2)9-17-14)15(19)20-16(3,4)5/h6-8,12,17H,9-10H2,1-5H3/t12-/m1/s1. The van der Waals surface area contributed by atoms with Gasteiger partial charge in [0.15, 0.2) is 0 Å². The fourth-order valence-corrected chi connectivity index (χ4v) is 2.34. The van der Waals surface area contributed by atoms with Crippen LogP contribution in [0.15, 0.2) is 18.2 Å². The van der Waals surface area contributed by atoms with E-state index in [1.54, 1.807) is 4.90 Å². The minimum Gasteiger partial charge on any atom is -0.444 e. The number of carbonyl (C=O) groups excluding carboxylic acids is 1. The molecule has 1 aliphatic heterocycles. The lowest BCUT2D eigenvalue weighted by Gasteiger charge is -2.30. The van der Waals surface area contributed by atoms with Crippen LogP contribution in [-0.4, -0.2) is 29.2 Å². The van der Waals surface area contributed by atoms with Gasteiger partial charge in [-0.25, -0.2) is 4.79 Å². The van der Waals surface area contributed by atoms with E-state index in [9.17, 15) is 4.79 Å². The van der Waals surface area contributed by atoms with Gasteiger partial charge < -0.3 is 10.1 Å². The first-order valence-electron chi connectivity index (χ1n) is 7.10. The van der Waals surface area contributed by atoms with Crippen molar-refractivity contribution in [1.29, 1.82) is 0 Å². The second-order valence-electron chi connectivity index (χ2n) is 6.44. The van der Waals surface area contributed by atoms with Crippen LogP contribution < -0.4 is 5.32 Å². The number of hydrogen-bond donors (Lipinski definition) is 1. The molecule has 0 fully saturated rings. The van der Waals surface area contributed by atoms with E-state index in [0.717, 1.165) is 12.2 Å². The molecule has 1 N–H and O–H groups in total. The highest BCUT2D eigenvalue weighted by molar-refractivity contribution is 5.70. The number of nitrogens with one attached hydrogen (secondary N) is 1. The lowest BCUT2D eigenvalue weighted by molar-refractivity contribution is 0.0171. The van der Waals surface area contributed by atoms with Crippen LogP contribution in [0.4, 0.5) is 10.5 Å². The monoisotopic (exact) mass is 276 g/mol. The van der Waals surface area contributed by atoms with Crippen LogP contribution in [0.2, 0.25) is 0 Å². The van der Waals surface area contributed by atoms with Crippen molar-refractivity contribution >= 4 is 11.8 Å². The molecule has 0 saturated carbocycles. The lowest BCUT2D eigenvalue weighted by atomic mass is 10.1. The molecule has 1 aromatic carbocycles. The van der Waals surface area contributed by atoms with Gasteiger partial charge >= 0.3 is 6.09 Å². The Hall–Kier alpha value is -1.71. The Labute approximate surface area is 121 Å². The van der Waals surface area contributed by atoms with Gasteiger partial charge in [-0.2, -0.15) is 0 Å². The third-order valence-electron chi connectivity index (χ3n) is 3.49. The minimum absolute atomic E-state index is 0.0941. The Bertz CT molecular complexity index is 506. The molecule has 0 spiro atoms. The van der Waals surface area contributed by atoms with Crippen LogP contribution in [0.3, 0.4) is 0 Å². The van der Waals surface area contributed by atoms with Crippen molar-refractivity contribution in [3.8, 4) is 0 Å². The highest BCUT2D eigenvalue weighted by Gasteiger charge is 2.29. The number of anilines is 1. The first-order valence-corrected chi connectivity index (χ1v) is 7.10. The van der Waals surface area contributed by atoms with Gasteiger partial charge in [-0.05, 0) is 51.8 Å². The molecule has 0 unspecified atom stereocenters. The summed E-state index contributed by atoms with van der Waals surface area (Å²) in [7, 11) is 0. The largest absolute Gasteiger partial charge is 0.444 e. The average Bonchev–Trinajstić information content (AvgIpc) is 2.48. The molecule has 4 nitrogen and oxygen atoms in total. The van der Waals surface area contributed by atoms with Crippen molar-refractivity contribution in [2.75, 3.05) is 11.9 Å². The summed E-state index contributed by atoms with van der Waals surface area (Å²) in [5.41, 5.74) is 3.01. The van der Waals surface area contributed by atoms with Crippen molar-refractivity contribution in [3.63, 3.8) is 0 Å². The first-order chi connectivity index (χ1) is 9.28. The molecule has 20 heavy (non-hydrogen) atoms. The molecule has 0 aliphatic carbocycles. The van der Waals surface area contributed by atoms with E-state index in [0.29, 0.717) is 6.54 Å². The molecule has 1 aromatic rings. The maximum atomic E-state index is 12.4. The van der Waals surface area contributed by atoms with Gasteiger partial charge in [-0.1, -0.05) is 12.1 Å². The van der Waals surface area contributed by atoms with Gasteiger partial charge in [-0.15, -0.1) is 0 Å². The van der Waals surface area contributed by atoms with Gasteiger partial charge in [0, 0.05) is 18.3 Å². The second kappa shape index (κ2) is 5.35. The van der Waals surface area contributed by atoms with Crippen LogP contribution in [0, 0.1) is 6.92 Å². The molecule has 1 amide bonds. The predicted molar refractivity (Wildman–Crippen MR) is 80.9 cm³/mol. The van der Waals surface area contributed by atoms with Gasteiger partial charge in [0.25, 0.3) is 0 Å². The Kier molecular flexibility index (Phi) is 3.93. The summed E-state index contributed by atoms with van der Waals surface area (Å²) >= 11 is 0. The number of nitrogens with zero attached hydrogens (tertiary/aromatic N) is 1. The number of amides is 1. The Balaban J connectivity index is 2.26. The topological polar surface area (TPSA) is 41.6 Å². The zero-order valence-corrected chi connectivity index (χ0v) is 13.0. The molecule has 0 saturated heterocycles. The third kappa shape index (κ3) is 3.24. The van der Waals surface area contributed by atoms with Crippen LogP contribution in [0.25, 0.3) is 0 Å². The Morgan fingerprint density at radius 3 is 2.75 bits per heavy atom. The van der Waals surface area contributed by atoms with E-state index in [1.165, 1.54) is 11.1 Å². The number of fused-ring (bicyclic) bond motifs is 1. The molecule has 0 bridgehead atoms. The molecule has 1 aliphatic rings. The van der Waals surface area contributed by atoms with Crippen LogP contribution in [-0.2, 0) is 11.3 Å². The van der Waals surface area contributed by atoms with Crippen LogP contribution >= 0.6 is 0 Å². The highest BCUT2D eigenvalue weighted by atomic mass is 16.6. The number of rotatable bonds is 0. The van der Waals surface area contributed by atoms with Crippen LogP contribution in [0.1, 0.15) is 38.8 Å². The minimum atomic E-state index is -0.467.